The Kier molecular flexibility index (Phi) is 7.67. The first-order valence-corrected chi connectivity index (χ1v) is 13.2. The first-order valence-electron chi connectivity index (χ1n) is 13.2. The number of Topliss-reactive ketones (excluding diaryl/α,β-unsaturated/α-hetero) is 1. The molecule has 0 spiro atoms. The molecule has 4 atom stereocenters. The molecular formula is C28H31FN6O4. The maximum absolute atomic E-state index is 14.2. The summed E-state index contributed by atoms with van der Waals surface area (Å²) in [4.78, 5) is 48.2. The highest BCUT2D eigenvalue weighted by atomic mass is 19.1. The maximum Gasteiger partial charge on any atom is 0.243 e. The number of ether oxygens (including phenoxy) is 1. The van der Waals surface area contributed by atoms with Crippen LogP contribution in [0.5, 0.6) is 5.75 Å². The van der Waals surface area contributed by atoms with Crippen LogP contribution in [-0.2, 0) is 21.0 Å². The second-order valence-electron chi connectivity index (χ2n) is 10.1. The van der Waals surface area contributed by atoms with Crippen molar-refractivity contribution in [2.75, 3.05) is 11.9 Å². The number of likely N-dealkylation sites (tertiary alicyclic amines) is 1. The fourth-order valence-corrected chi connectivity index (χ4v) is 5.28. The van der Waals surface area contributed by atoms with Gasteiger partial charge in [-0.2, -0.15) is 0 Å². The Bertz CT molecular complexity index is 1320. The normalized spacial score (nSPS) is 23.3. The Morgan fingerprint density at radius 1 is 1.21 bits per heavy atom. The maximum atomic E-state index is 14.2. The van der Waals surface area contributed by atoms with Crippen LogP contribution in [0.25, 0.3) is 0 Å². The first kappa shape index (κ1) is 26.5. The highest BCUT2D eigenvalue weighted by molar-refractivity contribution is 6.45. The second kappa shape index (κ2) is 11.3. The van der Waals surface area contributed by atoms with Crippen LogP contribution in [0, 0.1) is 11.3 Å². The molecule has 1 aromatic heterocycles. The molecule has 1 saturated heterocycles. The lowest BCUT2D eigenvalue weighted by atomic mass is 10.0. The Morgan fingerprint density at radius 2 is 2.00 bits per heavy atom. The topological polar surface area (TPSA) is 137 Å². The van der Waals surface area contributed by atoms with Crippen molar-refractivity contribution in [3.8, 4) is 5.75 Å². The Balaban J connectivity index is 1.25. The van der Waals surface area contributed by atoms with Gasteiger partial charge in [0.2, 0.25) is 11.8 Å². The van der Waals surface area contributed by atoms with Gasteiger partial charge in [-0.1, -0.05) is 6.08 Å². The Morgan fingerprint density at radius 3 is 2.74 bits per heavy atom. The summed E-state index contributed by atoms with van der Waals surface area (Å²) in [5.41, 5.74) is 0.491. The van der Waals surface area contributed by atoms with Crippen molar-refractivity contribution >= 4 is 29.0 Å². The lowest BCUT2D eigenvalue weighted by Crippen LogP contribution is -2.52. The number of allylic oxidation sites excluding steroid dienone is 1. The van der Waals surface area contributed by atoms with E-state index in [4.69, 9.17) is 10.1 Å². The molecule has 2 aromatic rings. The van der Waals surface area contributed by atoms with E-state index < -0.39 is 17.9 Å². The quantitative estimate of drug-likeness (QED) is 0.399. The van der Waals surface area contributed by atoms with Crippen LogP contribution in [0.3, 0.4) is 0 Å². The van der Waals surface area contributed by atoms with Gasteiger partial charge in [0, 0.05) is 36.6 Å². The number of rotatable bonds is 10. The highest BCUT2D eigenvalue weighted by Crippen LogP contribution is 2.48. The molecule has 0 radical (unpaired) electrons. The van der Waals surface area contributed by atoms with Gasteiger partial charge in [0.1, 0.15) is 29.9 Å². The molecule has 11 heteroatoms. The minimum Gasteiger partial charge on any atom is -0.486 e. The van der Waals surface area contributed by atoms with E-state index in [1.165, 1.54) is 13.0 Å². The number of hydrogen-bond donors (Lipinski definition) is 3. The van der Waals surface area contributed by atoms with Crippen LogP contribution < -0.4 is 15.4 Å². The summed E-state index contributed by atoms with van der Waals surface area (Å²) in [5.74, 6) is -0.159. The summed E-state index contributed by atoms with van der Waals surface area (Å²) in [5, 5.41) is 14.1. The lowest BCUT2D eigenvalue weighted by molar-refractivity contribution is -0.138. The van der Waals surface area contributed by atoms with Gasteiger partial charge >= 0.3 is 0 Å². The molecule has 3 aliphatic rings. The Labute approximate surface area is 225 Å². The van der Waals surface area contributed by atoms with E-state index in [-0.39, 0.29) is 48.5 Å². The number of carbonyl (C=O) groups excluding carboxylic acids is 3. The fraction of sp³-hybridized carbons (Fsp3) is 0.429. The number of nitrogens with zero attached hydrogens (tertiary/aromatic N) is 3. The smallest absolute Gasteiger partial charge is 0.243 e. The first-order chi connectivity index (χ1) is 18.8. The number of hydrogen-bond acceptors (Lipinski definition) is 8. The number of nitrogens with one attached hydrogen (secondary N) is 3. The van der Waals surface area contributed by atoms with Gasteiger partial charge in [-0.3, -0.25) is 19.8 Å². The summed E-state index contributed by atoms with van der Waals surface area (Å²) in [6, 6.07) is 5.32. The van der Waals surface area contributed by atoms with Crippen LogP contribution in [0.2, 0.25) is 0 Å². The van der Waals surface area contributed by atoms with E-state index in [2.05, 4.69) is 20.6 Å². The molecule has 204 valence electrons. The molecule has 1 saturated carbocycles. The molecule has 5 rings (SSSR count). The highest BCUT2D eigenvalue weighted by Gasteiger charge is 2.56. The number of ketones is 1. The molecule has 2 aliphatic carbocycles. The molecule has 0 bridgehead atoms. The molecule has 10 nitrogen and oxygen atoms in total. The van der Waals surface area contributed by atoms with Gasteiger partial charge in [-0.25, -0.2) is 14.4 Å². The third-order valence-electron chi connectivity index (χ3n) is 7.41. The fourth-order valence-electron chi connectivity index (χ4n) is 5.28. The average Bonchev–Trinajstić information content (AvgIpc) is 3.60. The van der Waals surface area contributed by atoms with E-state index in [9.17, 15) is 18.8 Å². The number of aromatic nitrogens is 2. The molecule has 2 fully saturated rings. The number of benzene rings is 1. The molecule has 3 N–H and O–H groups in total. The van der Waals surface area contributed by atoms with Crippen molar-refractivity contribution in [2.24, 2.45) is 5.92 Å². The molecule has 2 heterocycles. The van der Waals surface area contributed by atoms with Crippen molar-refractivity contribution in [1.82, 2.24) is 20.2 Å². The zero-order valence-electron chi connectivity index (χ0n) is 21.7. The van der Waals surface area contributed by atoms with Crippen molar-refractivity contribution < 1.29 is 23.5 Å². The van der Waals surface area contributed by atoms with Crippen LogP contribution in [0.1, 0.15) is 50.4 Å². The molecule has 39 heavy (non-hydrogen) atoms. The second-order valence-corrected chi connectivity index (χ2v) is 10.1. The van der Waals surface area contributed by atoms with Gasteiger partial charge in [-0.15, -0.1) is 0 Å². The number of amides is 2. The zero-order valence-corrected chi connectivity index (χ0v) is 21.7. The summed E-state index contributed by atoms with van der Waals surface area (Å²) < 4.78 is 19.9. The monoisotopic (exact) mass is 534 g/mol. The standard InChI is InChI=1S/C28H31FN6O4/c1-16(36)27(30)19-13-18(39-15-25-31-9-4-10-32-25)7-8-21(19)33-14-26(37)35-23-11-17(23)12-24(35)28(38)34-22-6-3-2-5-20(22)29/h4-5,7-10,13,17,22-24,30,33H,2-3,6,11-12,14-15H2,1H3,(H,34,38). The van der Waals surface area contributed by atoms with E-state index in [1.807, 2.05) is 0 Å². The van der Waals surface area contributed by atoms with E-state index in [0.717, 1.165) is 12.8 Å². The van der Waals surface area contributed by atoms with Crippen molar-refractivity contribution in [2.45, 2.75) is 63.8 Å². The van der Waals surface area contributed by atoms with E-state index in [0.29, 0.717) is 42.1 Å². The number of fused-ring (bicyclic) bond motifs is 1. The lowest BCUT2D eigenvalue weighted by Gasteiger charge is -2.29. The Hall–Kier alpha value is -4.15. The predicted molar refractivity (Wildman–Crippen MR) is 141 cm³/mol. The third-order valence-corrected chi connectivity index (χ3v) is 7.41. The number of anilines is 1. The third kappa shape index (κ3) is 5.97. The summed E-state index contributed by atoms with van der Waals surface area (Å²) in [6.45, 7) is 1.29. The summed E-state index contributed by atoms with van der Waals surface area (Å²) in [7, 11) is 0. The largest absolute Gasteiger partial charge is 0.486 e. The van der Waals surface area contributed by atoms with Gasteiger partial charge < -0.3 is 20.3 Å². The van der Waals surface area contributed by atoms with Crippen molar-refractivity contribution in [3.63, 3.8) is 0 Å². The minimum absolute atomic E-state index is 0.00719. The molecule has 1 aromatic carbocycles. The molecule has 4 unspecified atom stereocenters. The summed E-state index contributed by atoms with van der Waals surface area (Å²) >= 11 is 0. The average molecular weight is 535 g/mol. The SMILES string of the molecule is CC(=O)C(=N)c1cc(OCc2ncccn2)ccc1NCC(=O)N1C(C(=O)NC2CCCC=C2F)CC2CC21. The van der Waals surface area contributed by atoms with Crippen LogP contribution in [0.15, 0.2) is 48.6 Å². The van der Waals surface area contributed by atoms with Gasteiger partial charge in [-0.05, 0) is 62.3 Å². The van der Waals surface area contributed by atoms with Gasteiger partial charge in [0.25, 0.3) is 0 Å². The van der Waals surface area contributed by atoms with E-state index in [1.54, 1.807) is 41.6 Å². The minimum atomic E-state index is -0.635. The van der Waals surface area contributed by atoms with E-state index >= 15 is 0 Å². The van der Waals surface area contributed by atoms with Gasteiger partial charge in [0.15, 0.2) is 11.6 Å². The number of halogens is 1. The number of carbonyl (C=O) groups is 3. The van der Waals surface area contributed by atoms with Crippen molar-refractivity contribution in [1.29, 1.82) is 5.41 Å². The zero-order chi connectivity index (χ0) is 27.5. The number of piperidine rings is 1. The molecular weight excluding hydrogens is 503 g/mol. The van der Waals surface area contributed by atoms with Crippen LogP contribution in [-0.4, -0.2) is 62.8 Å². The van der Waals surface area contributed by atoms with Crippen molar-refractivity contribution in [3.05, 3.63) is 59.9 Å². The molecule has 2 amide bonds. The summed E-state index contributed by atoms with van der Waals surface area (Å²) in [6.07, 6.45) is 8.17. The predicted octanol–water partition coefficient (Wildman–Crippen LogP) is 2.94. The molecule has 1 aliphatic heterocycles. The van der Waals surface area contributed by atoms with Gasteiger partial charge in [0.05, 0.1) is 12.6 Å². The van der Waals surface area contributed by atoms with Crippen LogP contribution >= 0.6 is 0 Å². The van der Waals surface area contributed by atoms with Crippen LogP contribution in [0.4, 0.5) is 10.1 Å².